The van der Waals surface area contributed by atoms with Crippen molar-refractivity contribution in [3.05, 3.63) is 90.7 Å². The lowest BCUT2D eigenvalue weighted by molar-refractivity contribution is 0.555. The number of rotatable bonds is 6. The van der Waals surface area contributed by atoms with Crippen molar-refractivity contribution in [2.24, 2.45) is 0 Å². The van der Waals surface area contributed by atoms with E-state index in [1.807, 2.05) is 12.1 Å². The van der Waals surface area contributed by atoms with Crippen LogP contribution >= 0.6 is 23.2 Å². The van der Waals surface area contributed by atoms with E-state index in [-0.39, 0.29) is 0 Å². The maximum Gasteiger partial charge on any atom is 0.349 e. The Bertz CT molecular complexity index is 1180. The summed E-state index contributed by atoms with van der Waals surface area (Å²) in [6.07, 6.45) is 3.34. The summed E-state index contributed by atoms with van der Waals surface area (Å²) in [5, 5.41) is 15.0. The number of benzene rings is 2. The number of aromatic nitrogens is 3. The normalized spacial score (nSPS) is 12.9. The maximum absolute atomic E-state index is 12.0. The second kappa shape index (κ2) is 8.64. The smallest absolute Gasteiger partial charge is 0.271 e. The molecule has 1 heterocycles. The van der Waals surface area contributed by atoms with Gasteiger partial charge in [-0.05, 0) is 41.8 Å². The Labute approximate surface area is 177 Å². The molecule has 1 atom stereocenters. The number of unbranched alkanes of at least 4 members (excludes halogenated alkanes) is 1. The minimum Gasteiger partial charge on any atom is -0.271 e. The SMILES string of the molecule is CCCCC(C#N)(c1ccc(Cl)cc1)c1ccc(-n2ncc(=O)[nH]c2=O)cc1Cl. The van der Waals surface area contributed by atoms with Crippen LogP contribution in [0.1, 0.15) is 37.3 Å². The Kier molecular flexibility index (Phi) is 6.21. The van der Waals surface area contributed by atoms with Gasteiger partial charge < -0.3 is 0 Å². The van der Waals surface area contributed by atoms with E-state index >= 15 is 0 Å². The molecule has 148 valence electrons. The summed E-state index contributed by atoms with van der Waals surface area (Å²) in [7, 11) is 0. The van der Waals surface area contributed by atoms with Crippen molar-refractivity contribution in [2.75, 3.05) is 0 Å². The van der Waals surface area contributed by atoms with E-state index in [0.717, 1.165) is 29.3 Å². The molecule has 3 aromatic rings. The van der Waals surface area contributed by atoms with Gasteiger partial charge in [0.2, 0.25) is 0 Å². The largest absolute Gasteiger partial charge is 0.349 e. The van der Waals surface area contributed by atoms with E-state index in [9.17, 15) is 14.9 Å². The zero-order valence-electron chi connectivity index (χ0n) is 15.7. The van der Waals surface area contributed by atoms with Gasteiger partial charge in [0.25, 0.3) is 5.56 Å². The van der Waals surface area contributed by atoms with E-state index in [2.05, 4.69) is 23.1 Å². The molecule has 8 heteroatoms. The van der Waals surface area contributed by atoms with Crippen molar-refractivity contribution < 1.29 is 0 Å². The first-order valence-electron chi connectivity index (χ1n) is 9.07. The average Bonchev–Trinajstić information content (AvgIpc) is 2.70. The van der Waals surface area contributed by atoms with E-state index in [0.29, 0.717) is 27.7 Å². The zero-order chi connectivity index (χ0) is 21.0. The van der Waals surface area contributed by atoms with Crippen LogP contribution in [0.25, 0.3) is 5.69 Å². The molecule has 0 amide bonds. The van der Waals surface area contributed by atoms with Crippen LogP contribution in [-0.4, -0.2) is 14.8 Å². The number of hydrogen-bond donors (Lipinski definition) is 1. The van der Waals surface area contributed by atoms with Gasteiger partial charge in [-0.2, -0.15) is 15.0 Å². The van der Waals surface area contributed by atoms with Gasteiger partial charge in [-0.15, -0.1) is 0 Å². The molecule has 1 unspecified atom stereocenters. The summed E-state index contributed by atoms with van der Waals surface area (Å²) >= 11 is 12.6. The number of nitriles is 1. The maximum atomic E-state index is 12.0. The lowest BCUT2D eigenvalue weighted by Crippen LogP contribution is -2.30. The molecule has 0 aliphatic rings. The van der Waals surface area contributed by atoms with Gasteiger partial charge in [-0.3, -0.25) is 9.78 Å². The highest BCUT2D eigenvalue weighted by Crippen LogP contribution is 2.41. The minimum absolute atomic E-state index is 0.329. The van der Waals surface area contributed by atoms with Crippen molar-refractivity contribution in [1.82, 2.24) is 14.8 Å². The molecule has 6 nitrogen and oxygen atoms in total. The Morgan fingerprint density at radius 3 is 2.48 bits per heavy atom. The molecule has 3 rings (SSSR count). The first-order valence-corrected chi connectivity index (χ1v) is 9.83. The van der Waals surface area contributed by atoms with Gasteiger partial charge in [-0.1, -0.05) is 61.2 Å². The fourth-order valence-electron chi connectivity index (χ4n) is 3.31. The van der Waals surface area contributed by atoms with Crippen LogP contribution in [0.4, 0.5) is 0 Å². The van der Waals surface area contributed by atoms with Gasteiger partial charge in [0.05, 0.1) is 11.8 Å². The molecular formula is C21H18Cl2N4O2. The molecule has 0 radical (unpaired) electrons. The van der Waals surface area contributed by atoms with Crippen LogP contribution in [0.2, 0.25) is 10.0 Å². The van der Waals surface area contributed by atoms with E-state index in [4.69, 9.17) is 23.2 Å². The molecule has 0 saturated heterocycles. The molecule has 0 spiro atoms. The predicted octanol–water partition coefficient (Wildman–Crippen LogP) is 4.23. The summed E-state index contributed by atoms with van der Waals surface area (Å²) < 4.78 is 1.04. The summed E-state index contributed by atoms with van der Waals surface area (Å²) in [4.78, 5) is 25.4. The topological polar surface area (TPSA) is 91.5 Å². The number of halogens is 2. The molecule has 2 aromatic carbocycles. The Morgan fingerprint density at radius 2 is 1.90 bits per heavy atom. The standard InChI is InChI=1S/C21H18Cl2N4O2/c1-2-3-10-21(13-24,14-4-6-15(22)7-5-14)17-9-8-16(11-18(17)23)27-20(29)26-19(28)12-25-27/h4-9,11-12H,2-3,10H2,1H3,(H,26,28,29). The van der Waals surface area contributed by atoms with Gasteiger partial charge in [0.1, 0.15) is 11.6 Å². The van der Waals surface area contributed by atoms with Gasteiger partial charge >= 0.3 is 5.69 Å². The number of H-pyrrole nitrogens is 1. The molecule has 29 heavy (non-hydrogen) atoms. The average molecular weight is 429 g/mol. The quantitative estimate of drug-likeness (QED) is 0.635. The highest BCUT2D eigenvalue weighted by Gasteiger charge is 2.36. The van der Waals surface area contributed by atoms with E-state index < -0.39 is 16.7 Å². The second-order valence-corrected chi connectivity index (χ2v) is 7.49. The minimum atomic E-state index is -0.959. The molecule has 0 aliphatic carbocycles. The molecule has 1 aromatic heterocycles. The number of hydrogen-bond acceptors (Lipinski definition) is 4. The Morgan fingerprint density at radius 1 is 1.17 bits per heavy atom. The van der Waals surface area contributed by atoms with Gasteiger partial charge in [0, 0.05) is 10.0 Å². The molecule has 1 N–H and O–H groups in total. The van der Waals surface area contributed by atoms with Gasteiger partial charge in [-0.25, -0.2) is 4.79 Å². The van der Waals surface area contributed by atoms with Crippen molar-refractivity contribution >= 4 is 23.2 Å². The lowest BCUT2D eigenvalue weighted by atomic mass is 9.72. The summed E-state index contributed by atoms with van der Waals surface area (Å²) in [6, 6.07) is 14.6. The number of nitrogens with zero attached hydrogens (tertiary/aromatic N) is 3. The summed E-state index contributed by atoms with van der Waals surface area (Å²) in [6.45, 7) is 2.06. The van der Waals surface area contributed by atoms with Crippen molar-refractivity contribution in [2.45, 2.75) is 31.6 Å². The third-order valence-corrected chi connectivity index (χ3v) is 5.37. The number of nitrogens with one attached hydrogen (secondary N) is 1. The summed E-state index contributed by atoms with van der Waals surface area (Å²) in [5.74, 6) is 0. The third kappa shape index (κ3) is 4.12. The third-order valence-electron chi connectivity index (χ3n) is 4.80. The van der Waals surface area contributed by atoms with Crippen molar-refractivity contribution in [3.63, 3.8) is 0 Å². The van der Waals surface area contributed by atoms with Crippen LogP contribution < -0.4 is 11.2 Å². The molecular weight excluding hydrogens is 411 g/mol. The molecule has 0 fully saturated rings. The van der Waals surface area contributed by atoms with E-state index in [1.165, 1.54) is 0 Å². The monoisotopic (exact) mass is 428 g/mol. The highest BCUT2D eigenvalue weighted by molar-refractivity contribution is 6.32. The lowest BCUT2D eigenvalue weighted by Gasteiger charge is -2.29. The zero-order valence-corrected chi connectivity index (χ0v) is 17.2. The van der Waals surface area contributed by atoms with Crippen LogP contribution in [0.15, 0.2) is 58.3 Å². The second-order valence-electron chi connectivity index (χ2n) is 6.64. The Balaban J connectivity index is 2.16. The van der Waals surface area contributed by atoms with E-state index in [1.54, 1.807) is 30.3 Å². The predicted molar refractivity (Wildman–Crippen MR) is 113 cm³/mol. The van der Waals surface area contributed by atoms with Crippen molar-refractivity contribution in [3.8, 4) is 11.8 Å². The first-order chi connectivity index (χ1) is 13.9. The van der Waals surface area contributed by atoms with Crippen LogP contribution in [-0.2, 0) is 5.41 Å². The molecule has 0 saturated carbocycles. The molecule has 0 bridgehead atoms. The number of aromatic amines is 1. The van der Waals surface area contributed by atoms with Crippen LogP contribution in [0.5, 0.6) is 0 Å². The van der Waals surface area contributed by atoms with Crippen molar-refractivity contribution in [1.29, 1.82) is 5.26 Å². The summed E-state index contributed by atoms with van der Waals surface area (Å²) in [5.41, 5.74) is -0.389. The van der Waals surface area contributed by atoms with Gasteiger partial charge in [0.15, 0.2) is 0 Å². The first kappa shape index (κ1) is 20.8. The highest BCUT2D eigenvalue weighted by atomic mass is 35.5. The fraction of sp³-hybridized carbons (Fsp3) is 0.238. The fourth-order valence-corrected chi connectivity index (χ4v) is 3.77. The molecule has 0 aliphatic heterocycles. The van der Waals surface area contributed by atoms with Crippen LogP contribution in [0.3, 0.4) is 0 Å². The Hall–Kier alpha value is -2.88. The van der Waals surface area contributed by atoms with Crippen LogP contribution in [0, 0.1) is 11.3 Å².